The number of nitrogens with zero attached hydrogens (tertiary/aromatic N) is 2. The maximum absolute atomic E-state index is 11.7. The number of ether oxygens (including phenoxy) is 2. The Morgan fingerprint density at radius 3 is 2.54 bits per heavy atom. The summed E-state index contributed by atoms with van der Waals surface area (Å²) in [4.78, 5) is 23.1. The maximum atomic E-state index is 11.7. The van der Waals surface area contributed by atoms with Crippen molar-refractivity contribution in [3.05, 3.63) is 52.4 Å². The van der Waals surface area contributed by atoms with Gasteiger partial charge < -0.3 is 14.8 Å². The van der Waals surface area contributed by atoms with Gasteiger partial charge in [0.05, 0.1) is 42.2 Å². The summed E-state index contributed by atoms with van der Waals surface area (Å²) in [5.74, 6) is -1.42. The second kappa shape index (κ2) is 7.85. The highest BCUT2D eigenvalue weighted by atomic mass is 35.5. The fourth-order valence-electron chi connectivity index (χ4n) is 1.79. The third-order valence-corrected chi connectivity index (χ3v) is 3.39. The molecule has 0 fully saturated rings. The highest BCUT2D eigenvalue weighted by Crippen LogP contribution is 2.25. The van der Waals surface area contributed by atoms with Gasteiger partial charge >= 0.3 is 11.9 Å². The average Bonchev–Trinajstić information content (AvgIpc) is 2.99. The molecule has 0 amide bonds. The van der Waals surface area contributed by atoms with E-state index in [0.717, 1.165) is 6.08 Å². The summed E-state index contributed by atoms with van der Waals surface area (Å²) in [6.45, 7) is 0. The maximum Gasteiger partial charge on any atom is 0.354 e. The van der Waals surface area contributed by atoms with Crippen molar-refractivity contribution in [3.8, 4) is 5.69 Å². The Labute approximate surface area is 147 Å². The lowest BCUT2D eigenvalue weighted by molar-refractivity contribution is -0.138. The molecule has 0 spiro atoms. The normalized spacial score (nSPS) is 11.1. The minimum atomic E-state index is -0.723. The monoisotopic (exact) mass is 369 g/mol. The molecule has 24 heavy (non-hydrogen) atoms. The van der Waals surface area contributed by atoms with Gasteiger partial charge in [0.15, 0.2) is 0 Å². The van der Waals surface area contributed by atoms with E-state index < -0.39 is 11.9 Å². The van der Waals surface area contributed by atoms with Crippen molar-refractivity contribution >= 4 is 40.8 Å². The molecule has 2 aromatic rings. The van der Waals surface area contributed by atoms with Crippen LogP contribution >= 0.6 is 23.2 Å². The predicted molar refractivity (Wildman–Crippen MR) is 89.3 cm³/mol. The number of nitrogens with one attached hydrogen (secondary N) is 1. The summed E-state index contributed by atoms with van der Waals surface area (Å²) in [7, 11) is 2.40. The molecule has 1 heterocycles. The molecule has 0 aliphatic carbocycles. The van der Waals surface area contributed by atoms with Gasteiger partial charge in [-0.1, -0.05) is 23.2 Å². The van der Waals surface area contributed by atoms with Crippen molar-refractivity contribution < 1.29 is 19.1 Å². The molecule has 0 unspecified atom stereocenters. The van der Waals surface area contributed by atoms with Crippen LogP contribution in [-0.4, -0.2) is 35.9 Å². The van der Waals surface area contributed by atoms with E-state index >= 15 is 0 Å². The summed E-state index contributed by atoms with van der Waals surface area (Å²) < 4.78 is 10.6. The van der Waals surface area contributed by atoms with Crippen LogP contribution in [0.25, 0.3) is 5.69 Å². The van der Waals surface area contributed by atoms with Gasteiger partial charge in [-0.05, 0) is 18.2 Å². The quantitative estimate of drug-likeness (QED) is 0.644. The molecule has 9 heteroatoms. The number of carbonyl (C=O) groups excluding carboxylic acids is 2. The Kier molecular flexibility index (Phi) is 5.83. The summed E-state index contributed by atoms with van der Waals surface area (Å²) in [6, 6.07) is 4.91. The molecule has 7 nitrogen and oxygen atoms in total. The van der Waals surface area contributed by atoms with Gasteiger partial charge in [0.25, 0.3) is 0 Å². The Hall–Kier alpha value is -2.51. The number of anilines is 1. The van der Waals surface area contributed by atoms with Gasteiger partial charge in [-0.25, -0.2) is 14.3 Å². The first-order valence-electron chi connectivity index (χ1n) is 6.59. The lowest BCUT2D eigenvalue weighted by atomic mass is 10.2. The van der Waals surface area contributed by atoms with E-state index in [1.807, 2.05) is 0 Å². The molecule has 1 N–H and O–H groups in total. The van der Waals surface area contributed by atoms with Crippen LogP contribution in [0, 0.1) is 0 Å². The molecule has 2 rings (SSSR count). The SMILES string of the molecule is COC(=O)/C=C(/Nc1ccc(-n2cc(Cl)cn2)c(Cl)c1)C(=O)OC. The smallest absolute Gasteiger partial charge is 0.354 e. The average molecular weight is 370 g/mol. The number of hydrogen-bond acceptors (Lipinski definition) is 6. The van der Waals surface area contributed by atoms with Crippen LogP contribution in [0.1, 0.15) is 0 Å². The van der Waals surface area contributed by atoms with Crippen LogP contribution in [0.2, 0.25) is 10.0 Å². The third-order valence-electron chi connectivity index (χ3n) is 2.89. The molecule has 0 bridgehead atoms. The first-order valence-corrected chi connectivity index (χ1v) is 7.35. The van der Waals surface area contributed by atoms with E-state index in [-0.39, 0.29) is 5.70 Å². The standard InChI is InChI=1S/C15H13Cl2N3O4/c1-23-14(21)6-12(15(22)24-2)19-10-3-4-13(11(17)5-10)20-8-9(16)7-18-20/h3-8,19H,1-2H3/b12-6+. The zero-order valence-corrected chi connectivity index (χ0v) is 14.3. The van der Waals surface area contributed by atoms with Crippen molar-refractivity contribution in [2.24, 2.45) is 0 Å². The van der Waals surface area contributed by atoms with Crippen molar-refractivity contribution in [1.29, 1.82) is 0 Å². The second-order valence-corrected chi connectivity index (χ2v) is 5.31. The number of aromatic nitrogens is 2. The number of methoxy groups -OCH3 is 2. The molecule has 0 saturated carbocycles. The Bertz CT molecular complexity index is 802. The van der Waals surface area contributed by atoms with E-state index in [9.17, 15) is 9.59 Å². The van der Waals surface area contributed by atoms with E-state index in [1.165, 1.54) is 25.1 Å². The van der Waals surface area contributed by atoms with Gasteiger partial charge in [0.1, 0.15) is 5.70 Å². The molecular formula is C15H13Cl2N3O4. The number of rotatable bonds is 5. The molecule has 1 aromatic heterocycles. The molecule has 0 atom stereocenters. The number of hydrogen-bond donors (Lipinski definition) is 1. The zero-order chi connectivity index (χ0) is 17.7. The van der Waals surface area contributed by atoms with E-state index in [2.05, 4.69) is 19.9 Å². The number of carbonyl (C=O) groups is 2. The van der Waals surface area contributed by atoms with Gasteiger partial charge in [-0.3, -0.25) is 0 Å². The molecule has 0 aliphatic heterocycles. The Balaban J connectivity index is 2.28. The van der Waals surface area contributed by atoms with Crippen LogP contribution in [-0.2, 0) is 19.1 Å². The predicted octanol–water partition coefficient (Wildman–Crippen LogP) is 2.82. The third kappa shape index (κ3) is 4.27. The van der Waals surface area contributed by atoms with Crippen molar-refractivity contribution in [2.45, 2.75) is 0 Å². The summed E-state index contributed by atoms with van der Waals surface area (Å²) in [5.41, 5.74) is 0.989. The lowest BCUT2D eigenvalue weighted by Gasteiger charge is -2.11. The van der Waals surface area contributed by atoms with Crippen molar-refractivity contribution in [1.82, 2.24) is 9.78 Å². The Morgan fingerprint density at radius 1 is 1.25 bits per heavy atom. The molecule has 126 valence electrons. The molecule has 1 aromatic carbocycles. The first kappa shape index (κ1) is 17.8. The van der Waals surface area contributed by atoms with Crippen molar-refractivity contribution in [2.75, 3.05) is 19.5 Å². The van der Waals surface area contributed by atoms with E-state index in [0.29, 0.717) is 21.4 Å². The summed E-state index contributed by atoms with van der Waals surface area (Å²) in [6.07, 6.45) is 4.08. The van der Waals surface area contributed by atoms with Crippen LogP contribution in [0.3, 0.4) is 0 Å². The number of halogens is 2. The molecule has 0 aliphatic rings. The topological polar surface area (TPSA) is 82.5 Å². The summed E-state index contributed by atoms with van der Waals surface area (Å²) >= 11 is 12.1. The van der Waals surface area contributed by atoms with E-state index in [4.69, 9.17) is 23.2 Å². The van der Waals surface area contributed by atoms with Gasteiger partial charge in [0, 0.05) is 11.9 Å². The number of esters is 2. The Morgan fingerprint density at radius 2 is 2.00 bits per heavy atom. The fourth-order valence-corrected chi connectivity index (χ4v) is 2.19. The van der Waals surface area contributed by atoms with Gasteiger partial charge in [-0.2, -0.15) is 5.10 Å². The van der Waals surface area contributed by atoms with Gasteiger partial charge in [-0.15, -0.1) is 0 Å². The lowest BCUT2D eigenvalue weighted by Crippen LogP contribution is -2.15. The summed E-state index contributed by atoms with van der Waals surface area (Å²) in [5, 5.41) is 7.67. The van der Waals surface area contributed by atoms with Gasteiger partial charge in [0.2, 0.25) is 0 Å². The highest BCUT2D eigenvalue weighted by Gasteiger charge is 2.14. The minimum Gasteiger partial charge on any atom is -0.466 e. The largest absolute Gasteiger partial charge is 0.466 e. The van der Waals surface area contributed by atoms with Crippen LogP contribution in [0.4, 0.5) is 5.69 Å². The molecule has 0 saturated heterocycles. The van der Waals surface area contributed by atoms with Crippen molar-refractivity contribution in [3.63, 3.8) is 0 Å². The van der Waals surface area contributed by atoms with Crippen LogP contribution in [0.5, 0.6) is 0 Å². The first-order chi connectivity index (χ1) is 11.4. The molecule has 0 radical (unpaired) electrons. The van der Waals surface area contributed by atoms with Crippen LogP contribution in [0.15, 0.2) is 42.4 Å². The second-order valence-electron chi connectivity index (χ2n) is 4.47. The highest BCUT2D eigenvalue weighted by molar-refractivity contribution is 6.33. The van der Waals surface area contributed by atoms with Crippen LogP contribution < -0.4 is 5.32 Å². The zero-order valence-electron chi connectivity index (χ0n) is 12.7. The minimum absolute atomic E-state index is 0.0877. The molecular weight excluding hydrogens is 357 g/mol. The van der Waals surface area contributed by atoms with E-state index in [1.54, 1.807) is 24.4 Å². The number of benzene rings is 1. The fraction of sp³-hybridized carbons (Fsp3) is 0.133.